The Morgan fingerprint density at radius 2 is 1.61 bits per heavy atom. The fraction of sp³-hybridized carbons (Fsp3) is 0.600. The van der Waals surface area contributed by atoms with E-state index in [9.17, 15) is 8.78 Å². The highest BCUT2D eigenvalue weighted by Gasteiger charge is 2.14. The van der Waals surface area contributed by atoms with Crippen LogP contribution in [0.1, 0.15) is 38.7 Å². The van der Waals surface area contributed by atoms with Gasteiger partial charge in [0, 0.05) is 12.1 Å². The maximum atomic E-state index is 13.1. The van der Waals surface area contributed by atoms with E-state index >= 15 is 0 Å². The number of benzene rings is 1. The number of likely N-dealkylation sites (N-methyl/N-ethyl adjacent to an activating group) is 1. The molecule has 3 heteroatoms. The molecule has 0 spiro atoms. The van der Waals surface area contributed by atoms with Crippen LogP contribution in [0.25, 0.3) is 0 Å². The van der Waals surface area contributed by atoms with Crippen molar-refractivity contribution in [3.05, 3.63) is 35.4 Å². The molecule has 0 saturated carbocycles. The van der Waals surface area contributed by atoms with Gasteiger partial charge in [0.25, 0.3) is 0 Å². The van der Waals surface area contributed by atoms with Gasteiger partial charge in [0.05, 0.1) is 0 Å². The Kier molecular flexibility index (Phi) is 6.27. The SMILES string of the molecule is CCC(CC)CC(Cc1cc(F)cc(F)c1)NC. The van der Waals surface area contributed by atoms with Gasteiger partial charge >= 0.3 is 0 Å². The monoisotopic (exact) mass is 255 g/mol. The van der Waals surface area contributed by atoms with Gasteiger partial charge in [-0.1, -0.05) is 26.7 Å². The van der Waals surface area contributed by atoms with Crippen molar-refractivity contribution in [2.75, 3.05) is 7.05 Å². The van der Waals surface area contributed by atoms with Crippen LogP contribution >= 0.6 is 0 Å². The molecule has 0 heterocycles. The molecule has 18 heavy (non-hydrogen) atoms. The Labute approximate surface area is 109 Å². The first-order chi connectivity index (χ1) is 8.58. The normalized spacial score (nSPS) is 13.0. The molecule has 102 valence electrons. The Bertz CT molecular complexity index is 341. The van der Waals surface area contributed by atoms with Crippen LogP contribution in [0.2, 0.25) is 0 Å². The summed E-state index contributed by atoms with van der Waals surface area (Å²) in [4.78, 5) is 0. The zero-order chi connectivity index (χ0) is 13.5. The van der Waals surface area contributed by atoms with Gasteiger partial charge in [0.15, 0.2) is 0 Å². The highest BCUT2D eigenvalue weighted by atomic mass is 19.1. The van der Waals surface area contributed by atoms with Crippen LogP contribution in [-0.4, -0.2) is 13.1 Å². The minimum atomic E-state index is -0.498. The van der Waals surface area contributed by atoms with Crippen molar-refractivity contribution < 1.29 is 8.78 Å². The smallest absolute Gasteiger partial charge is 0.126 e. The van der Waals surface area contributed by atoms with Gasteiger partial charge < -0.3 is 5.32 Å². The van der Waals surface area contributed by atoms with E-state index in [4.69, 9.17) is 0 Å². The molecule has 0 aromatic heterocycles. The third-order valence-electron chi connectivity index (χ3n) is 3.59. The molecule has 1 aromatic carbocycles. The van der Waals surface area contributed by atoms with Crippen LogP contribution in [0.5, 0.6) is 0 Å². The number of nitrogens with one attached hydrogen (secondary N) is 1. The average molecular weight is 255 g/mol. The molecule has 0 aliphatic carbocycles. The zero-order valence-corrected chi connectivity index (χ0v) is 11.5. The summed E-state index contributed by atoms with van der Waals surface area (Å²) in [5, 5.41) is 3.24. The van der Waals surface area contributed by atoms with E-state index in [1.54, 1.807) is 0 Å². The fourth-order valence-electron chi connectivity index (χ4n) is 2.34. The van der Waals surface area contributed by atoms with Crippen molar-refractivity contribution in [2.45, 2.75) is 45.6 Å². The maximum Gasteiger partial charge on any atom is 0.126 e. The Hall–Kier alpha value is -0.960. The van der Waals surface area contributed by atoms with Crippen LogP contribution in [0.3, 0.4) is 0 Å². The van der Waals surface area contributed by atoms with Gasteiger partial charge in [0.1, 0.15) is 11.6 Å². The molecular weight excluding hydrogens is 232 g/mol. The Morgan fingerprint density at radius 3 is 2.06 bits per heavy atom. The van der Waals surface area contributed by atoms with Crippen LogP contribution in [0, 0.1) is 17.6 Å². The van der Waals surface area contributed by atoms with E-state index in [-0.39, 0.29) is 6.04 Å². The van der Waals surface area contributed by atoms with Crippen LogP contribution < -0.4 is 5.32 Å². The minimum Gasteiger partial charge on any atom is -0.317 e. The zero-order valence-electron chi connectivity index (χ0n) is 11.5. The number of rotatable bonds is 7. The van der Waals surface area contributed by atoms with Gasteiger partial charge in [-0.15, -0.1) is 0 Å². The molecule has 0 amide bonds. The van der Waals surface area contributed by atoms with Crippen LogP contribution in [-0.2, 0) is 6.42 Å². The molecule has 1 N–H and O–H groups in total. The summed E-state index contributed by atoms with van der Waals surface area (Å²) >= 11 is 0. The standard InChI is InChI=1S/C15H23F2N/c1-4-11(5-2)8-15(18-3)9-12-6-13(16)10-14(17)7-12/h6-7,10-11,15,18H,4-5,8-9H2,1-3H3. The predicted octanol–water partition coefficient (Wildman–Crippen LogP) is 3.92. The first-order valence-electron chi connectivity index (χ1n) is 6.71. The van der Waals surface area contributed by atoms with Gasteiger partial charge in [0.2, 0.25) is 0 Å². The van der Waals surface area contributed by atoms with Crippen molar-refractivity contribution in [1.82, 2.24) is 5.32 Å². The number of hydrogen-bond acceptors (Lipinski definition) is 1. The van der Waals surface area contributed by atoms with Crippen LogP contribution in [0.15, 0.2) is 18.2 Å². The molecule has 1 unspecified atom stereocenters. The molecular formula is C15H23F2N. The van der Waals surface area contributed by atoms with E-state index in [0.29, 0.717) is 12.3 Å². The average Bonchev–Trinajstić information content (AvgIpc) is 2.33. The van der Waals surface area contributed by atoms with Gasteiger partial charge in [-0.05, 0) is 43.5 Å². The van der Waals surface area contributed by atoms with Crippen molar-refractivity contribution in [3.8, 4) is 0 Å². The third kappa shape index (κ3) is 4.73. The minimum absolute atomic E-state index is 0.274. The summed E-state index contributed by atoms with van der Waals surface area (Å²) in [7, 11) is 1.91. The van der Waals surface area contributed by atoms with Crippen LogP contribution in [0.4, 0.5) is 8.78 Å². The summed E-state index contributed by atoms with van der Waals surface area (Å²) in [5.74, 6) is -0.328. The van der Waals surface area contributed by atoms with Crippen molar-refractivity contribution in [1.29, 1.82) is 0 Å². The van der Waals surface area contributed by atoms with E-state index in [1.165, 1.54) is 12.1 Å². The van der Waals surface area contributed by atoms with E-state index in [2.05, 4.69) is 19.2 Å². The molecule has 1 aromatic rings. The summed E-state index contributed by atoms with van der Waals surface area (Å²) < 4.78 is 26.2. The Morgan fingerprint density at radius 1 is 1.06 bits per heavy atom. The van der Waals surface area contributed by atoms with Gasteiger partial charge in [-0.3, -0.25) is 0 Å². The summed E-state index contributed by atoms with van der Waals surface area (Å²) in [6.45, 7) is 4.37. The van der Waals surface area contributed by atoms with Crippen molar-refractivity contribution in [2.24, 2.45) is 5.92 Å². The number of hydrogen-bond donors (Lipinski definition) is 1. The molecule has 0 fully saturated rings. The second-order valence-electron chi connectivity index (χ2n) is 4.89. The molecule has 0 bridgehead atoms. The highest BCUT2D eigenvalue weighted by Crippen LogP contribution is 2.18. The highest BCUT2D eigenvalue weighted by molar-refractivity contribution is 5.19. The molecule has 0 radical (unpaired) electrons. The lowest BCUT2D eigenvalue weighted by Crippen LogP contribution is -2.30. The van der Waals surface area contributed by atoms with Gasteiger partial charge in [-0.2, -0.15) is 0 Å². The van der Waals surface area contributed by atoms with E-state index in [1.807, 2.05) is 7.05 Å². The lowest BCUT2D eigenvalue weighted by Gasteiger charge is -2.21. The van der Waals surface area contributed by atoms with Crippen molar-refractivity contribution >= 4 is 0 Å². The predicted molar refractivity (Wildman–Crippen MR) is 71.6 cm³/mol. The fourth-order valence-corrected chi connectivity index (χ4v) is 2.34. The summed E-state index contributed by atoms with van der Waals surface area (Å²) in [6, 6.07) is 4.02. The van der Waals surface area contributed by atoms with Crippen molar-refractivity contribution in [3.63, 3.8) is 0 Å². The van der Waals surface area contributed by atoms with E-state index in [0.717, 1.165) is 30.9 Å². The quantitative estimate of drug-likeness (QED) is 0.778. The second kappa shape index (κ2) is 7.47. The topological polar surface area (TPSA) is 12.0 Å². The lowest BCUT2D eigenvalue weighted by molar-refractivity contribution is 0.376. The maximum absolute atomic E-state index is 13.1. The molecule has 1 atom stereocenters. The molecule has 1 rings (SSSR count). The number of halogens is 2. The lowest BCUT2D eigenvalue weighted by atomic mass is 9.91. The molecule has 0 saturated heterocycles. The summed E-state index contributed by atoms with van der Waals surface area (Å²) in [6.07, 6.45) is 4.00. The first kappa shape index (κ1) is 15.1. The third-order valence-corrected chi connectivity index (χ3v) is 3.59. The Balaban J connectivity index is 2.67. The first-order valence-corrected chi connectivity index (χ1v) is 6.71. The molecule has 1 nitrogen and oxygen atoms in total. The van der Waals surface area contributed by atoms with E-state index < -0.39 is 11.6 Å². The van der Waals surface area contributed by atoms with Gasteiger partial charge in [-0.25, -0.2) is 8.78 Å². The second-order valence-corrected chi connectivity index (χ2v) is 4.89. The molecule has 0 aliphatic rings. The molecule has 0 aliphatic heterocycles. The summed E-state index contributed by atoms with van der Waals surface area (Å²) in [5.41, 5.74) is 0.720. The largest absolute Gasteiger partial charge is 0.317 e.